The second-order valence-corrected chi connectivity index (χ2v) is 6.19. The lowest BCUT2D eigenvalue weighted by Crippen LogP contribution is -2.24. The molecule has 7 nitrogen and oxygen atoms in total. The van der Waals surface area contributed by atoms with Gasteiger partial charge in [-0.3, -0.25) is 9.20 Å². The van der Waals surface area contributed by atoms with Gasteiger partial charge >= 0.3 is 0 Å². The molecule has 1 N–H and O–H groups in total. The summed E-state index contributed by atoms with van der Waals surface area (Å²) in [6.07, 6.45) is 4.02. The van der Waals surface area contributed by atoms with Crippen molar-refractivity contribution in [2.45, 2.75) is 13.0 Å². The first kappa shape index (κ1) is 17.1. The fraction of sp³-hybridized carbons (Fsp3) is 0.294. The molecule has 0 bridgehead atoms. The molecule has 2 heterocycles. The quantitative estimate of drug-likeness (QED) is 0.699. The maximum absolute atomic E-state index is 12.2. The molecule has 0 fully saturated rings. The number of benzene rings is 1. The van der Waals surface area contributed by atoms with E-state index in [4.69, 9.17) is 14.2 Å². The van der Waals surface area contributed by atoms with Crippen molar-refractivity contribution in [2.75, 3.05) is 21.3 Å². The molecule has 0 saturated carbocycles. The molecule has 1 aromatic carbocycles. The monoisotopic (exact) mass is 361 g/mol. The van der Waals surface area contributed by atoms with Gasteiger partial charge in [-0.2, -0.15) is 0 Å². The summed E-state index contributed by atoms with van der Waals surface area (Å²) in [5.41, 5.74) is 1.60. The van der Waals surface area contributed by atoms with Gasteiger partial charge in [-0.25, -0.2) is 4.98 Å². The number of hydrogen-bond donors (Lipinski definition) is 1. The van der Waals surface area contributed by atoms with Crippen LogP contribution < -0.4 is 19.5 Å². The number of ether oxygens (including phenoxy) is 3. The van der Waals surface area contributed by atoms with Crippen molar-refractivity contribution in [3.8, 4) is 17.2 Å². The normalized spacial score (nSPS) is 10.7. The molecule has 0 radical (unpaired) electrons. The van der Waals surface area contributed by atoms with E-state index in [1.54, 1.807) is 21.3 Å². The Labute approximate surface area is 149 Å². The van der Waals surface area contributed by atoms with Crippen molar-refractivity contribution in [3.63, 3.8) is 0 Å². The average Bonchev–Trinajstić information content (AvgIpc) is 3.20. The van der Waals surface area contributed by atoms with Gasteiger partial charge in [0.25, 0.3) is 0 Å². The molecule has 0 spiro atoms. The van der Waals surface area contributed by atoms with E-state index in [1.807, 2.05) is 34.3 Å². The zero-order chi connectivity index (χ0) is 17.8. The fourth-order valence-electron chi connectivity index (χ4n) is 2.53. The predicted octanol–water partition coefficient (Wildman–Crippen LogP) is 2.28. The number of imidazole rings is 1. The number of fused-ring (bicyclic) bond motifs is 1. The summed E-state index contributed by atoms with van der Waals surface area (Å²) in [5.74, 6) is 1.54. The van der Waals surface area contributed by atoms with Crippen LogP contribution in [0.1, 0.15) is 11.3 Å². The predicted molar refractivity (Wildman–Crippen MR) is 94.7 cm³/mol. The Balaban J connectivity index is 1.66. The first-order chi connectivity index (χ1) is 12.1. The van der Waals surface area contributed by atoms with Crippen LogP contribution in [-0.2, 0) is 17.8 Å². The van der Waals surface area contributed by atoms with Gasteiger partial charge in [0, 0.05) is 24.3 Å². The highest BCUT2D eigenvalue weighted by Gasteiger charge is 2.14. The molecule has 1 amide bonds. The Morgan fingerprint density at radius 1 is 1.20 bits per heavy atom. The summed E-state index contributed by atoms with van der Waals surface area (Å²) in [4.78, 5) is 17.5. The second kappa shape index (κ2) is 7.43. The molecule has 2 aromatic heterocycles. The first-order valence-corrected chi connectivity index (χ1v) is 8.49. The van der Waals surface area contributed by atoms with Crippen LogP contribution in [0.5, 0.6) is 17.2 Å². The number of amides is 1. The fourth-order valence-corrected chi connectivity index (χ4v) is 3.25. The molecule has 0 atom stereocenters. The van der Waals surface area contributed by atoms with Crippen LogP contribution in [0.15, 0.2) is 29.9 Å². The van der Waals surface area contributed by atoms with Gasteiger partial charge in [0.1, 0.15) is 0 Å². The number of thiazole rings is 1. The van der Waals surface area contributed by atoms with E-state index in [0.29, 0.717) is 23.8 Å². The summed E-state index contributed by atoms with van der Waals surface area (Å²) >= 11 is 1.54. The summed E-state index contributed by atoms with van der Waals surface area (Å²) in [6.45, 7) is 0.359. The Bertz CT molecular complexity index is 834. The first-order valence-electron chi connectivity index (χ1n) is 7.61. The van der Waals surface area contributed by atoms with Gasteiger partial charge in [0.15, 0.2) is 16.5 Å². The van der Waals surface area contributed by atoms with Gasteiger partial charge in [0.05, 0.1) is 33.4 Å². The number of hydrogen-bond acceptors (Lipinski definition) is 6. The van der Waals surface area contributed by atoms with E-state index in [-0.39, 0.29) is 12.3 Å². The Morgan fingerprint density at radius 3 is 2.52 bits per heavy atom. The standard InChI is InChI=1S/C17H19N3O4S/c1-22-13-6-11(7-14(23-2)16(13)24-3)9-18-15(21)8-12-10-20-4-5-25-17(20)19-12/h4-7,10H,8-9H2,1-3H3,(H,18,21). The van der Waals surface area contributed by atoms with Gasteiger partial charge < -0.3 is 19.5 Å². The van der Waals surface area contributed by atoms with Crippen molar-refractivity contribution >= 4 is 22.2 Å². The lowest BCUT2D eigenvalue weighted by molar-refractivity contribution is -0.120. The third-order valence-electron chi connectivity index (χ3n) is 3.70. The molecule has 3 aromatic rings. The number of nitrogens with zero attached hydrogens (tertiary/aromatic N) is 2. The highest BCUT2D eigenvalue weighted by Crippen LogP contribution is 2.38. The lowest BCUT2D eigenvalue weighted by Gasteiger charge is -2.14. The van der Waals surface area contributed by atoms with Crippen LogP contribution in [0.4, 0.5) is 0 Å². The highest BCUT2D eigenvalue weighted by molar-refractivity contribution is 7.15. The molecule has 25 heavy (non-hydrogen) atoms. The number of aromatic nitrogens is 2. The number of carbonyl (C=O) groups is 1. The van der Waals surface area contributed by atoms with E-state index in [0.717, 1.165) is 16.2 Å². The van der Waals surface area contributed by atoms with Crippen molar-refractivity contribution < 1.29 is 19.0 Å². The maximum atomic E-state index is 12.2. The largest absolute Gasteiger partial charge is 0.493 e. The third-order valence-corrected chi connectivity index (χ3v) is 4.47. The smallest absolute Gasteiger partial charge is 0.226 e. The molecule has 8 heteroatoms. The lowest BCUT2D eigenvalue weighted by atomic mass is 10.1. The molecular weight excluding hydrogens is 342 g/mol. The van der Waals surface area contributed by atoms with Crippen molar-refractivity contribution in [1.29, 1.82) is 0 Å². The minimum atomic E-state index is -0.0977. The Hall–Kier alpha value is -2.74. The van der Waals surface area contributed by atoms with Crippen LogP contribution in [0, 0.1) is 0 Å². The van der Waals surface area contributed by atoms with Crippen molar-refractivity contribution in [3.05, 3.63) is 41.2 Å². The average molecular weight is 361 g/mol. The van der Waals surface area contributed by atoms with Gasteiger partial charge in [0.2, 0.25) is 11.7 Å². The molecule has 0 aliphatic heterocycles. The number of nitrogens with one attached hydrogen (secondary N) is 1. The number of methoxy groups -OCH3 is 3. The van der Waals surface area contributed by atoms with E-state index < -0.39 is 0 Å². The highest BCUT2D eigenvalue weighted by atomic mass is 32.1. The SMILES string of the molecule is COc1cc(CNC(=O)Cc2cn3ccsc3n2)cc(OC)c1OC. The second-order valence-electron chi connectivity index (χ2n) is 5.31. The van der Waals surface area contributed by atoms with E-state index >= 15 is 0 Å². The minimum absolute atomic E-state index is 0.0977. The van der Waals surface area contributed by atoms with Crippen LogP contribution in [-0.4, -0.2) is 36.6 Å². The molecule has 0 unspecified atom stereocenters. The summed E-state index contributed by atoms with van der Waals surface area (Å²) in [5, 5.41) is 4.84. The summed E-state index contributed by atoms with van der Waals surface area (Å²) in [7, 11) is 4.67. The van der Waals surface area contributed by atoms with Crippen molar-refractivity contribution in [2.24, 2.45) is 0 Å². The minimum Gasteiger partial charge on any atom is -0.493 e. The molecule has 0 aliphatic rings. The zero-order valence-electron chi connectivity index (χ0n) is 14.2. The Morgan fingerprint density at radius 2 is 1.92 bits per heavy atom. The van der Waals surface area contributed by atoms with Crippen LogP contribution in [0.3, 0.4) is 0 Å². The van der Waals surface area contributed by atoms with E-state index in [9.17, 15) is 4.79 Å². The summed E-state index contributed by atoms with van der Waals surface area (Å²) < 4.78 is 17.8. The number of carbonyl (C=O) groups excluding carboxylic acids is 1. The molecule has 3 rings (SSSR count). The van der Waals surface area contributed by atoms with Crippen LogP contribution in [0.25, 0.3) is 4.96 Å². The summed E-state index contributed by atoms with van der Waals surface area (Å²) in [6, 6.07) is 3.63. The topological polar surface area (TPSA) is 74.1 Å². The van der Waals surface area contributed by atoms with Gasteiger partial charge in [-0.15, -0.1) is 11.3 Å². The zero-order valence-corrected chi connectivity index (χ0v) is 15.1. The Kier molecular flexibility index (Phi) is 5.08. The maximum Gasteiger partial charge on any atom is 0.226 e. The third kappa shape index (κ3) is 3.69. The van der Waals surface area contributed by atoms with Crippen LogP contribution >= 0.6 is 11.3 Å². The van der Waals surface area contributed by atoms with E-state index in [1.165, 1.54) is 11.3 Å². The van der Waals surface area contributed by atoms with Gasteiger partial charge in [-0.1, -0.05) is 0 Å². The van der Waals surface area contributed by atoms with Gasteiger partial charge in [-0.05, 0) is 17.7 Å². The van der Waals surface area contributed by atoms with Crippen molar-refractivity contribution in [1.82, 2.24) is 14.7 Å². The van der Waals surface area contributed by atoms with Crippen LogP contribution in [0.2, 0.25) is 0 Å². The molecule has 0 aliphatic carbocycles. The number of rotatable bonds is 7. The molecule has 0 saturated heterocycles. The van der Waals surface area contributed by atoms with E-state index in [2.05, 4.69) is 10.3 Å². The molecule has 132 valence electrons. The molecular formula is C17H19N3O4S.